The first-order valence-corrected chi connectivity index (χ1v) is 9.74. The van der Waals surface area contributed by atoms with Crippen LogP contribution >= 0.6 is 0 Å². The van der Waals surface area contributed by atoms with Crippen molar-refractivity contribution in [3.05, 3.63) is 35.5 Å². The van der Waals surface area contributed by atoms with Crippen LogP contribution in [0.15, 0.2) is 24.4 Å². The maximum Gasteiger partial charge on any atom is 0.322 e. The number of ether oxygens (including phenoxy) is 2. The Hall–Kier alpha value is -2.17. The Balaban J connectivity index is 1.29. The first kappa shape index (κ1) is 16.0. The number of nitrogens with one attached hydrogen (secondary N) is 1. The number of carbonyl (C=O) groups excluding carboxylic acids is 1. The Morgan fingerprint density at radius 1 is 1.38 bits per heavy atom. The van der Waals surface area contributed by atoms with Gasteiger partial charge in [0.05, 0.1) is 12.6 Å². The van der Waals surface area contributed by atoms with E-state index in [1.54, 1.807) is 0 Å². The van der Waals surface area contributed by atoms with Crippen LogP contribution in [0.2, 0.25) is 0 Å². The van der Waals surface area contributed by atoms with Crippen LogP contribution in [0.3, 0.4) is 0 Å². The Kier molecular flexibility index (Phi) is 3.34. The summed E-state index contributed by atoms with van der Waals surface area (Å²) in [7, 11) is 0. The maximum absolute atomic E-state index is 12.2. The number of benzene rings is 1. The normalized spacial score (nSPS) is 30.7. The molecule has 2 heterocycles. The molecule has 1 aromatic carbocycles. The predicted molar refractivity (Wildman–Crippen MR) is 98.6 cm³/mol. The molecule has 1 unspecified atom stereocenters. The second kappa shape index (κ2) is 5.41. The summed E-state index contributed by atoms with van der Waals surface area (Å²) in [5.74, 6) is 2.02. The summed E-state index contributed by atoms with van der Waals surface area (Å²) in [6, 6.07) is 4.47. The van der Waals surface area contributed by atoms with E-state index in [1.165, 1.54) is 24.0 Å². The quantitative estimate of drug-likeness (QED) is 0.898. The Morgan fingerprint density at radius 3 is 2.81 bits per heavy atom. The molecule has 5 heteroatoms. The summed E-state index contributed by atoms with van der Waals surface area (Å²) in [4.78, 5) is 14.1. The summed E-state index contributed by atoms with van der Waals surface area (Å²) in [5, 5.41) is 3.01. The first-order chi connectivity index (χ1) is 12.5. The molecule has 2 aliphatic heterocycles. The molecule has 26 heavy (non-hydrogen) atoms. The van der Waals surface area contributed by atoms with Gasteiger partial charge >= 0.3 is 6.03 Å². The van der Waals surface area contributed by atoms with Gasteiger partial charge in [-0.2, -0.15) is 0 Å². The molecule has 1 spiro atoms. The van der Waals surface area contributed by atoms with Crippen LogP contribution in [0.5, 0.6) is 11.5 Å². The molecule has 1 aromatic rings. The van der Waals surface area contributed by atoms with E-state index in [-0.39, 0.29) is 29.6 Å². The second-order valence-corrected chi connectivity index (χ2v) is 8.29. The van der Waals surface area contributed by atoms with E-state index in [0.29, 0.717) is 0 Å². The molecule has 5 rings (SSSR count). The molecule has 1 atom stereocenters. The highest BCUT2D eigenvalue weighted by Gasteiger charge is 2.53. The molecule has 3 fully saturated rings. The third-order valence-corrected chi connectivity index (χ3v) is 6.56. The number of aryl methyl sites for hydroxylation is 1. The number of fused-ring (bicyclic) bond motifs is 2. The fraction of sp³-hybridized carbons (Fsp3) is 0.571. The van der Waals surface area contributed by atoms with Gasteiger partial charge < -0.3 is 14.8 Å². The SMILES string of the molecule is C=C1C(CC)NC(=O)N1C1CC(Oc2ccc(C)c3c2C2(CC2)CO3)C1. The smallest absolute Gasteiger partial charge is 0.322 e. The van der Waals surface area contributed by atoms with Crippen molar-refractivity contribution in [2.45, 2.75) is 69.6 Å². The van der Waals surface area contributed by atoms with Crippen LogP contribution in [0.25, 0.3) is 0 Å². The van der Waals surface area contributed by atoms with Gasteiger partial charge in [-0.15, -0.1) is 0 Å². The number of hydrogen-bond acceptors (Lipinski definition) is 3. The number of amides is 2. The van der Waals surface area contributed by atoms with Crippen LogP contribution in [0.4, 0.5) is 4.79 Å². The van der Waals surface area contributed by atoms with Crippen LogP contribution < -0.4 is 14.8 Å². The molecule has 2 amide bonds. The summed E-state index contributed by atoms with van der Waals surface area (Å²) < 4.78 is 12.4. The first-order valence-electron chi connectivity index (χ1n) is 9.74. The van der Waals surface area contributed by atoms with Gasteiger partial charge in [-0.3, -0.25) is 4.90 Å². The summed E-state index contributed by atoms with van der Waals surface area (Å²) >= 11 is 0. The molecule has 0 aromatic heterocycles. The second-order valence-electron chi connectivity index (χ2n) is 8.29. The van der Waals surface area contributed by atoms with Gasteiger partial charge in [0.1, 0.15) is 17.6 Å². The molecule has 5 nitrogen and oxygen atoms in total. The van der Waals surface area contributed by atoms with Crippen LogP contribution in [0, 0.1) is 6.92 Å². The van der Waals surface area contributed by atoms with Crippen molar-refractivity contribution in [3.8, 4) is 11.5 Å². The molecular weight excluding hydrogens is 328 g/mol. The fourth-order valence-corrected chi connectivity index (χ4v) is 4.65. The van der Waals surface area contributed by atoms with Gasteiger partial charge in [0.25, 0.3) is 0 Å². The van der Waals surface area contributed by atoms with E-state index < -0.39 is 0 Å². The summed E-state index contributed by atoms with van der Waals surface area (Å²) in [6.07, 6.45) is 5.15. The average molecular weight is 354 g/mol. The number of hydrogen-bond donors (Lipinski definition) is 1. The van der Waals surface area contributed by atoms with E-state index in [0.717, 1.165) is 43.1 Å². The number of rotatable bonds is 4. The predicted octanol–water partition coefficient (Wildman–Crippen LogP) is 3.65. The molecule has 0 bridgehead atoms. The molecule has 138 valence electrons. The number of urea groups is 1. The minimum absolute atomic E-state index is 0.00754. The zero-order valence-corrected chi connectivity index (χ0v) is 15.5. The van der Waals surface area contributed by atoms with Crippen molar-refractivity contribution in [3.63, 3.8) is 0 Å². The molecule has 0 radical (unpaired) electrons. The van der Waals surface area contributed by atoms with Gasteiger partial charge in [-0.1, -0.05) is 19.6 Å². The third kappa shape index (κ3) is 2.19. The van der Waals surface area contributed by atoms with Gasteiger partial charge in [0.2, 0.25) is 0 Å². The van der Waals surface area contributed by atoms with Crippen molar-refractivity contribution < 1.29 is 14.3 Å². The van der Waals surface area contributed by atoms with E-state index in [4.69, 9.17) is 9.47 Å². The standard InChI is InChI=1S/C21H26N2O3/c1-4-16-13(3)23(20(24)22-16)14-9-15(10-14)26-17-6-5-12(2)19-18(17)21(7-8-21)11-25-19/h5-6,14-16H,3-4,7-11H2,1-2H3,(H,22,24). The highest BCUT2D eigenvalue weighted by molar-refractivity contribution is 5.81. The largest absolute Gasteiger partial charge is 0.492 e. The van der Waals surface area contributed by atoms with Crippen molar-refractivity contribution in [2.24, 2.45) is 0 Å². The lowest BCUT2D eigenvalue weighted by molar-refractivity contribution is 0.0499. The maximum atomic E-state index is 12.2. The monoisotopic (exact) mass is 354 g/mol. The minimum Gasteiger partial charge on any atom is -0.492 e. The summed E-state index contributed by atoms with van der Waals surface area (Å²) in [5.41, 5.74) is 3.59. The molecule has 2 saturated carbocycles. The molecule has 2 aliphatic carbocycles. The highest BCUT2D eigenvalue weighted by atomic mass is 16.5. The Labute approximate surface area is 154 Å². The van der Waals surface area contributed by atoms with E-state index in [2.05, 4.69) is 37.9 Å². The fourth-order valence-electron chi connectivity index (χ4n) is 4.65. The van der Waals surface area contributed by atoms with Crippen molar-refractivity contribution in [1.29, 1.82) is 0 Å². The lowest BCUT2D eigenvalue weighted by Gasteiger charge is -2.41. The van der Waals surface area contributed by atoms with Crippen LogP contribution in [-0.2, 0) is 5.41 Å². The minimum atomic E-state index is -0.00754. The number of carbonyl (C=O) groups is 1. The van der Waals surface area contributed by atoms with Crippen molar-refractivity contribution in [1.82, 2.24) is 10.2 Å². The van der Waals surface area contributed by atoms with E-state index >= 15 is 0 Å². The number of nitrogens with zero attached hydrogens (tertiary/aromatic N) is 1. The average Bonchev–Trinajstić information content (AvgIpc) is 3.18. The van der Waals surface area contributed by atoms with E-state index in [1.807, 2.05) is 4.90 Å². The van der Waals surface area contributed by atoms with Crippen molar-refractivity contribution >= 4 is 6.03 Å². The summed E-state index contributed by atoms with van der Waals surface area (Å²) in [6.45, 7) is 9.09. The Morgan fingerprint density at radius 2 is 2.15 bits per heavy atom. The lowest BCUT2D eigenvalue weighted by Crippen LogP contribution is -2.49. The molecule has 1 N–H and O–H groups in total. The highest BCUT2D eigenvalue weighted by Crippen LogP contribution is 2.59. The van der Waals surface area contributed by atoms with Gasteiger partial charge in [0.15, 0.2) is 0 Å². The van der Waals surface area contributed by atoms with E-state index in [9.17, 15) is 4.79 Å². The molecular formula is C21H26N2O3. The Bertz CT molecular complexity index is 793. The van der Waals surface area contributed by atoms with Crippen LogP contribution in [0.1, 0.15) is 50.2 Å². The molecule has 1 saturated heterocycles. The lowest BCUT2D eigenvalue weighted by atomic mass is 9.87. The van der Waals surface area contributed by atoms with Gasteiger partial charge in [-0.25, -0.2) is 4.79 Å². The van der Waals surface area contributed by atoms with Gasteiger partial charge in [-0.05, 0) is 37.8 Å². The molecule has 4 aliphatic rings. The zero-order chi connectivity index (χ0) is 18.1. The topological polar surface area (TPSA) is 50.8 Å². The van der Waals surface area contributed by atoms with Crippen molar-refractivity contribution in [2.75, 3.05) is 6.61 Å². The van der Waals surface area contributed by atoms with Crippen LogP contribution in [-0.4, -0.2) is 35.7 Å². The zero-order valence-electron chi connectivity index (χ0n) is 15.5. The van der Waals surface area contributed by atoms with Gasteiger partial charge in [0, 0.05) is 35.6 Å². The third-order valence-electron chi connectivity index (χ3n) is 6.56.